The standard InChI is InChI=1S/C23H26F3NO3/c1-3-18(22(29)30-4-2)14-17-6-5-7-19(15-17)21(28)27-13-12-16-8-10-20(11-9-16)23(24,25)26/h5-11,15,18H,3-4,12-14H2,1-2H3,(H,27,28). The molecule has 7 heteroatoms. The number of benzene rings is 2. The van der Waals surface area contributed by atoms with E-state index in [2.05, 4.69) is 5.32 Å². The minimum Gasteiger partial charge on any atom is -0.466 e. The Morgan fingerprint density at radius 3 is 2.33 bits per heavy atom. The van der Waals surface area contributed by atoms with Crippen molar-refractivity contribution < 1.29 is 27.5 Å². The molecule has 1 unspecified atom stereocenters. The highest BCUT2D eigenvalue weighted by Crippen LogP contribution is 2.29. The van der Waals surface area contributed by atoms with Crippen molar-refractivity contribution in [1.82, 2.24) is 5.32 Å². The zero-order valence-corrected chi connectivity index (χ0v) is 17.1. The number of alkyl halides is 3. The van der Waals surface area contributed by atoms with Crippen molar-refractivity contribution in [3.05, 3.63) is 70.8 Å². The molecule has 1 N–H and O–H groups in total. The van der Waals surface area contributed by atoms with Crippen molar-refractivity contribution in [1.29, 1.82) is 0 Å². The number of esters is 1. The monoisotopic (exact) mass is 421 g/mol. The van der Waals surface area contributed by atoms with Crippen molar-refractivity contribution in [3.8, 4) is 0 Å². The van der Waals surface area contributed by atoms with Gasteiger partial charge in [0.15, 0.2) is 0 Å². The van der Waals surface area contributed by atoms with Crippen LogP contribution >= 0.6 is 0 Å². The number of hydrogen-bond acceptors (Lipinski definition) is 3. The number of carbonyl (C=O) groups excluding carboxylic acids is 2. The van der Waals surface area contributed by atoms with Crippen LogP contribution in [0.15, 0.2) is 48.5 Å². The largest absolute Gasteiger partial charge is 0.466 e. The summed E-state index contributed by atoms with van der Waals surface area (Å²) in [7, 11) is 0. The molecule has 2 aromatic carbocycles. The summed E-state index contributed by atoms with van der Waals surface area (Å²) < 4.78 is 42.9. The average molecular weight is 421 g/mol. The fraction of sp³-hybridized carbons (Fsp3) is 0.391. The van der Waals surface area contributed by atoms with Gasteiger partial charge in [0.05, 0.1) is 18.1 Å². The molecule has 2 rings (SSSR count). The van der Waals surface area contributed by atoms with E-state index in [0.717, 1.165) is 17.7 Å². The molecule has 0 heterocycles. The van der Waals surface area contributed by atoms with Crippen molar-refractivity contribution in [2.75, 3.05) is 13.2 Å². The van der Waals surface area contributed by atoms with Gasteiger partial charge in [-0.2, -0.15) is 13.2 Å². The fourth-order valence-electron chi connectivity index (χ4n) is 3.06. The van der Waals surface area contributed by atoms with Crippen LogP contribution in [0.25, 0.3) is 0 Å². The van der Waals surface area contributed by atoms with Gasteiger partial charge in [-0.1, -0.05) is 31.2 Å². The third kappa shape index (κ3) is 6.90. The Balaban J connectivity index is 1.91. The van der Waals surface area contributed by atoms with Crippen LogP contribution in [-0.4, -0.2) is 25.0 Å². The molecule has 1 atom stereocenters. The van der Waals surface area contributed by atoms with E-state index in [-0.39, 0.29) is 17.8 Å². The first-order valence-electron chi connectivity index (χ1n) is 9.94. The first kappa shape index (κ1) is 23.4. The molecule has 0 radical (unpaired) electrons. The Kier molecular flexibility index (Phi) is 8.45. The van der Waals surface area contributed by atoms with Crippen molar-refractivity contribution in [2.24, 2.45) is 5.92 Å². The summed E-state index contributed by atoms with van der Waals surface area (Å²) in [6.45, 7) is 4.31. The van der Waals surface area contributed by atoms with Gasteiger partial charge in [0.25, 0.3) is 5.91 Å². The zero-order chi connectivity index (χ0) is 22.1. The molecule has 1 amide bonds. The van der Waals surface area contributed by atoms with E-state index in [1.807, 2.05) is 13.0 Å². The highest BCUT2D eigenvalue weighted by Gasteiger charge is 2.29. The molecule has 4 nitrogen and oxygen atoms in total. The van der Waals surface area contributed by atoms with Gasteiger partial charge in [0.1, 0.15) is 0 Å². The van der Waals surface area contributed by atoms with Gasteiger partial charge in [0.2, 0.25) is 0 Å². The van der Waals surface area contributed by atoms with E-state index >= 15 is 0 Å². The lowest BCUT2D eigenvalue weighted by atomic mass is 9.96. The molecular formula is C23H26F3NO3. The van der Waals surface area contributed by atoms with Crippen LogP contribution < -0.4 is 5.32 Å². The molecule has 162 valence electrons. The molecule has 0 aliphatic carbocycles. The summed E-state index contributed by atoms with van der Waals surface area (Å²) in [6, 6.07) is 11.9. The Morgan fingerprint density at radius 1 is 1.03 bits per heavy atom. The Hall–Kier alpha value is -2.83. The topological polar surface area (TPSA) is 55.4 Å². The van der Waals surface area contributed by atoms with Gasteiger partial charge < -0.3 is 10.1 Å². The maximum absolute atomic E-state index is 12.6. The van der Waals surface area contributed by atoms with E-state index in [4.69, 9.17) is 4.74 Å². The number of hydrogen-bond donors (Lipinski definition) is 1. The van der Waals surface area contributed by atoms with E-state index < -0.39 is 11.7 Å². The summed E-state index contributed by atoms with van der Waals surface area (Å²) in [5.74, 6) is -0.776. The van der Waals surface area contributed by atoms with Gasteiger partial charge in [0, 0.05) is 12.1 Å². The summed E-state index contributed by atoms with van der Waals surface area (Å²) >= 11 is 0. The van der Waals surface area contributed by atoms with Crippen LogP contribution in [0.1, 0.15) is 47.3 Å². The summed E-state index contributed by atoms with van der Waals surface area (Å²) in [4.78, 5) is 24.4. The van der Waals surface area contributed by atoms with Crippen LogP contribution in [0.5, 0.6) is 0 Å². The van der Waals surface area contributed by atoms with Crippen LogP contribution in [0.3, 0.4) is 0 Å². The fourth-order valence-corrected chi connectivity index (χ4v) is 3.06. The first-order valence-corrected chi connectivity index (χ1v) is 9.94. The number of halogens is 3. The molecular weight excluding hydrogens is 395 g/mol. The molecule has 0 spiro atoms. The molecule has 2 aromatic rings. The number of nitrogens with one attached hydrogen (secondary N) is 1. The van der Waals surface area contributed by atoms with Gasteiger partial charge >= 0.3 is 12.1 Å². The Bertz CT molecular complexity index is 848. The smallest absolute Gasteiger partial charge is 0.416 e. The zero-order valence-electron chi connectivity index (χ0n) is 17.1. The van der Waals surface area contributed by atoms with Crippen LogP contribution in [0.4, 0.5) is 13.2 Å². The highest BCUT2D eigenvalue weighted by atomic mass is 19.4. The second kappa shape index (κ2) is 10.8. The predicted molar refractivity (Wildman–Crippen MR) is 108 cm³/mol. The van der Waals surface area contributed by atoms with E-state index in [1.165, 1.54) is 12.1 Å². The van der Waals surface area contributed by atoms with Crippen LogP contribution in [-0.2, 0) is 28.5 Å². The highest BCUT2D eigenvalue weighted by molar-refractivity contribution is 5.94. The van der Waals surface area contributed by atoms with Crippen molar-refractivity contribution in [3.63, 3.8) is 0 Å². The number of ether oxygens (including phenoxy) is 1. The van der Waals surface area contributed by atoms with Crippen LogP contribution in [0.2, 0.25) is 0 Å². The maximum atomic E-state index is 12.6. The van der Waals surface area contributed by atoms with E-state index in [0.29, 0.717) is 43.5 Å². The van der Waals surface area contributed by atoms with Crippen LogP contribution in [0, 0.1) is 5.92 Å². The minimum absolute atomic E-state index is 0.244. The minimum atomic E-state index is -4.36. The normalized spacial score (nSPS) is 12.3. The molecule has 0 aliphatic rings. The SMILES string of the molecule is CCOC(=O)C(CC)Cc1cccc(C(=O)NCCc2ccc(C(F)(F)F)cc2)c1. The predicted octanol–water partition coefficient (Wildman–Crippen LogP) is 4.81. The average Bonchev–Trinajstić information content (AvgIpc) is 2.72. The maximum Gasteiger partial charge on any atom is 0.416 e. The van der Waals surface area contributed by atoms with Gasteiger partial charge in [-0.3, -0.25) is 9.59 Å². The second-order valence-electron chi connectivity index (χ2n) is 6.96. The Morgan fingerprint density at radius 2 is 1.73 bits per heavy atom. The van der Waals surface area contributed by atoms with Crippen molar-refractivity contribution >= 4 is 11.9 Å². The Labute approximate surface area is 174 Å². The molecule has 0 aromatic heterocycles. The molecule has 0 bridgehead atoms. The summed E-state index contributed by atoms with van der Waals surface area (Å²) in [5.41, 5.74) is 1.35. The third-order valence-corrected chi connectivity index (χ3v) is 4.76. The lowest BCUT2D eigenvalue weighted by Gasteiger charge is -2.14. The molecule has 0 aliphatic heterocycles. The first-order chi connectivity index (χ1) is 14.2. The van der Waals surface area contributed by atoms with Crippen molar-refractivity contribution in [2.45, 2.75) is 39.3 Å². The van der Waals surface area contributed by atoms with E-state index in [1.54, 1.807) is 25.1 Å². The quantitative estimate of drug-likeness (QED) is 0.591. The molecule has 0 fully saturated rings. The van der Waals surface area contributed by atoms with Gasteiger partial charge in [-0.05, 0) is 61.6 Å². The molecule has 0 saturated carbocycles. The lowest BCUT2D eigenvalue weighted by Crippen LogP contribution is -2.26. The summed E-state index contributed by atoms with van der Waals surface area (Å²) in [5, 5.41) is 2.78. The number of carbonyl (C=O) groups is 2. The van der Waals surface area contributed by atoms with Gasteiger partial charge in [-0.15, -0.1) is 0 Å². The molecule has 30 heavy (non-hydrogen) atoms. The number of amides is 1. The third-order valence-electron chi connectivity index (χ3n) is 4.76. The molecule has 0 saturated heterocycles. The summed E-state index contributed by atoms with van der Waals surface area (Å²) in [6.07, 6.45) is -2.81. The lowest BCUT2D eigenvalue weighted by molar-refractivity contribution is -0.148. The second-order valence-corrected chi connectivity index (χ2v) is 6.96. The van der Waals surface area contributed by atoms with E-state index in [9.17, 15) is 22.8 Å². The number of rotatable bonds is 9. The van der Waals surface area contributed by atoms with Gasteiger partial charge in [-0.25, -0.2) is 0 Å².